The van der Waals surface area contributed by atoms with Crippen molar-refractivity contribution in [1.82, 2.24) is 8.55 Å². The third-order valence-corrected chi connectivity index (χ3v) is 4.90. The van der Waals surface area contributed by atoms with Crippen LogP contribution in [0.5, 0.6) is 5.75 Å². The third-order valence-electron chi connectivity index (χ3n) is 2.65. The quantitative estimate of drug-likeness (QED) is 0.673. The van der Waals surface area contributed by atoms with Crippen molar-refractivity contribution in [2.24, 2.45) is 0 Å². The zero-order chi connectivity index (χ0) is 12.5. The summed E-state index contributed by atoms with van der Waals surface area (Å²) in [4.78, 5) is 16.5. The van der Waals surface area contributed by atoms with Gasteiger partial charge in [0.15, 0.2) is 0 Å². The van der Waals surface area contributed by atoms with Crippen molar-refractivity contribution in [3.63, 3.8) is 0 Å². The Morgan fingerprint density at radius 2 is 2.17 bits per heavy atom. The normalized spacial score (nSPS) is 10.7. The van der Waals surface area contributed by atoms with E-state index in [1.165, 1.54) is 0 Å². The molecule has 0 fully saturated rings. The summed E-state index contributed by atoms with van der Waals surface area (Å²) >= 11 is -0.0741. The number of benzene rings is 1. The molecule has 90 valence electrons. The van der Waals surface area contributed by atoms with Crippen LogP contribution >= 0.6 is 0 Å². The van der Waals surface area contributed by atoms with Gasteiger partial charge in [-0.05, 0) is 0 Å². The first kappa shape index (κ1) is 11.3. The number of methoxy groups -OCH3 is 1. The molecule has 3 aromatic rings. The van der Waals surface area contributed by atoms with Crippen LogP contribution in [0.4, 0.5) is 0 Å². The fraction of sp³-hybridized carbons (Fsp3) is 0.0769. The van der Waals surface area contributed by atoms with Crippen LogP contribution in [0.2, 0.25) is 0 Å². The van der Waals surface area contributed by atoms with Gasteiger partial charge in [-0.2, -0.15) is 0 Å². The molecule has 18 heavy (non-hydrogen) atoms. The van der Waals surface area contributed by atoms with Gasteiger partial charge in [0.25, 0.3) is 0 Å². The van der Waals surface area contributed by atoms with Gasteiger partial charge < -0.3 is 0 Å². The zero-order valence-corrected chi connectivity index (χ0v) is 11.4. The summed E-state index contributed by atoms with van der Waals surface area (Å²) in [6, 6.07) is 11.1. The van der Waals surface area contributed by atoms with Gasteiger partial charge in [-0.25, -0.2) is 0 Å². The molecule has 0 amide bonds. The predicted molar refractivity (Wildman–Crippen MR) is 70.8 cm³/mol. The second-order valence-electron chi connectivity index (χ2n) is 3.74. The molecule has 0 bridgehead atoms. The first-order valence-corrected chi connectivity index (χ1v) is 7.03. The van der Waals surface area contributed by atoms with E-state index in [4.69, 9.17) is 4.74 Å². The van der Waals surface area contributed by atoms with E-state index in [2.05, 4.69) is 4.98 Å². The van der Waals surface area contributed by atoms with Gasteiger partial charge in [-0.15, -0.1) is 0 Å². The fourth-order valence-electron chi connectivity index (χ4n) is 1.76. The average Bonchev–Trinajstić information content (AvgIpc) is 2.76. The van der Waals surface area contributed by atoms with Gasteiger partial charge in [0.2, 0.25) is 0 Å². The molecular weight excluding hydrogens is 295 g/mol. The van der Waals surface area contributed by atoms with Crippen molar-refractivity contribution < 1.29 is 4.74 Å². The molecule has 0 N–H and O–H groups in total. The van der Waals surface area contributed by atoms with E-state index in [-0.39, 0.29) is 20.3 Å². The minimum absolute atomic E-state index is 0.0198. The Labute approximate surface area is 109 Å². The van der Waals surface area contributed by atoms with Crippen molar-refractivity contribution in [1.29, 1.82) is 0 Å². The van der Waals surface area contributed by atoms with Crippen molar-refractivity contribution in [3.8, 4) is 11.6 Å². The Bertz CT molecular complexity index is 747. The van der Waals surface area contributed by atoms with E-state index in [1.807, 2.05) is 36.4 Å². The summed E-state index contributed by atoms with van der Waals surface area (Å²) in [5.74, 6) is 1.49. The van der Waals surface area contributed by atoms with Gasteiger partial charge >= 0.3 is 109 Å². The molecular formula is C13H10N2O2Se. The van der Waals surface area contributed by atoms with Gasteiger partial charge in [0, 0.05) is 0 Å². The molecule has 0 unspecified atom stereocenters. The topological polar surface area (TPSA) is 44.1 Å². The van der Waals surface area contributed by atoms with Crippen molar-refractivity contribution in [3.05, 3.63) is 52.9 Å². The maximum atomic E-state index is 12.3. The summed E-state index contributed by atoms with van der Waals surface area (Å²) in [6.07, 6.45) is 1.70. The van der Waals surface area contributed by atoms with Gasteiger partial charge in [0.1, 0.15) is 0 Å². The van der Waals surface area contributed by atoms with Gasteiger partial charge in [-0.3, -0.25) is 0 Å². The SMILES string of the molecule is COc1ccc2c(=O)n(-c3ccccn3)[se]c2c1. The number of pyridine rings is 1. The van der Waals surface area contributed by atoms with E-state index >= 15 is 0 Å². The van der Waals surface area contributed by atoms with E-state index in [0.717, 1.165) is 15.4 Å². The minimum atomic E-state index is -0.0741. The molecule has 3 rings (SSSR count). The number of hydrogen-bond donors (Lipinski definition) is 0. The van der Waals surface area contributed by atoms with Crippen LogP contribution in [0.3, 0.4) is 0 Å². The Morgan fingerprint density at radius 1 is 1.28 bits per heavy atom. The molecule has 2 aromatic heterocycles. The number of ether oxygens (including phenoxy) is 1. The maximum absolute atomic E-state index is 12.3. The van der Waals surface area contributed by atoms with E-state index in [1.54, 1.807) is 16.9 Å². The van der Waals surface area contributed by atoms with Crippen LogP contribution in [0.15, 0.2) is 47.4 Å². The number of hydrogen-bond acceptors (Lipinski definition) is 3. The standard InChI is InChI=1S/C13H10N2O2Se/c1-17-9-5-6-10-11(8-9)18-15(13(10)16)12-4-2-3-7-14-12/h2-8H,1H3. The summed E-state index contributed by atoms with van der Waals surface area (Å²) in [6.45, 7) is 0. The first-order chi connectivity index (χ1) is 8.79. The molecule has 0 saturated heterocycles. The summed E-state index contributed by atoms with van der Waals surface area (Å²) < 4.78 is 7.95. The van der Waals surface area contributed by atoms with Crippen LogP contribution in [-0.2, 0) is 0 Å². The molecule has 1 aromatic carbocycles. The second kappa shape index (κ2) is 4.44. The van der Waals surface area contributed by atoms with Crippen LogP contribution in [0, 0.1) is 0 Å². The first-order valence-electron chi connectivity index (χ1n) is 5.41. The molecule has 5 heteroatoms. The number of aromatic nitrogens is 2. The van der Waals surface area contributed by atoms with Crippen molar-refractivity contribution in [2.75, 3.05) is 7.11 Å². The molecule has 0 aliphatic rings. The molecule has 2 heterocycles. The Balaban J connectivity index is 2.26. The summed E-state index contributed by atoms with van der Waals surface area (Å²) in [7, 11) is 1.63. The van der Waals surface area contributed by atoms with E-state index in [0.29, 0.717) is 5.82 Å². The second-order valence-corrected chi connectivity index (χ2v) is 5.81. The molecule has 0 saturated carbocycles. The summed E-state index contributed by atoms with van der Waals surface area (Å²) in [5, 5.41) is 0.751. The van der Waals surface area contributed by atoms with Gasteiger partial charge in [0.05, 0.1) is 0 Å². The van der Waals surface area contributed by atoms with Crippen molar-refractivity contribution >= 4 is 24.4 Å². The molecule has 0 atom stereocenters. The average molecular weight is 305 g/mol. The van der Waals surface area contributed by atoms with Crippen LogP contribution in [0.25, 0.3) is 15.5 Å². The fourth-order valence-corrected chi connectivity index (χ4v) is 3.86. The van der Waals surface area contributed by atoms with Crippen molar-refractivity contribution in [2.45, 2.75) is 0 Å². The third kappa shape index (κ3) is 1.78. The Kier molecular flexibility index (Phi) is 2.78. The van der Waals surface area contributed by atoms with Crippen LogP contribution in [0.1, 0.15) is 0 Å². The molecule has 0 radical (unpaired) electrons. The Morgan fingerprint density at radius 3 is 2.89 bits per heavy atom. The molecule has 0 aliphatic heterocycles. The van der Waals surface area contributed by atoms with E-state index in [9.17, 15) is 4.79 Å². The molecule has 4 nitrogen and oxygen atoms in total. The number of nitrogens with zero attached hydrogens (tertiary/aromatic N) is 2. The number of rotatable bonds is 2. The van der Waals surface area contributed by atoms with Crippen LogP contribution in [-0.4, -0.2) is 30.4 Å². The molecule has 0 spiro atoms. The Hall–Kier alpha value is -1.84. The molecule has 0 aliphatic carbocycles. The van der Waals surface area contributed by atoms with Gasteiger partial charge in [-0.1, -0.05) is 0 Å². The number of fused-ring (bicyclic) bond motifs is 1. The predicted octanol–water partition coefficient (Wildman–Crippen LogP) is 1.45. The zero-order valence-electron chi connectivity index (χ0n) is 9.66. The summed E-state index contributed by atoms with van der Waals surface area (Å²) in [5.41, 5.74) is 0.0198. The van der Waals surface area contributed by atoms with E-state index < -0.39 is 0 Å². The monoisotopic (exact) mass is 306 g/mol. The van der Waals surface area contributed by atoms with Crippen LogP contribution < -0.4 is 10.3 Å².